The fourth-order valence-electron chi connectivity index (χ4n) is 3.35. The second kappa shape index (κ2) is 9.31. The van der Waals surface area contributed by atoms with Crippen LogP contribution in [0.3, 0.4) is 0 Å². The molecule has 0 aromatic heterocycles. The van der Waals surface area contributed by atoms with Crippen molar-refractivity contribution >= 4 is 15.9 Å². The Balaban J connectivity index is 1.63. The molecular formula is C19H26FN3O5S. The van der Waals surface area contributed by atoms with Gasteiger partial charge >= 0.3 is 0 Å². The molecule has 3 atom stereocenters. The van der Waals surface area contributed by atoms with Crippen LogP contribution in [-0.4, -0.2) is 87.3 Å². The summed E-state index contributed by atoms with van der Waals surface area (Å²) in [5, 5.41) is 9.65. The second-order valence-electron chi connectivity index (χ2n) is 7.27. The molecule has 3 rings (SSSR count). The number of likely N-dealkylation sites (N-methyl/N-ethyl adjacent to an activating group) is 1. The topological polar surface area (TPSA) is 99.2 Å². The van der Waals surface area contributed by atoms with Crippen molar-refractivity contribution < 1.29 is 27.4 Å². The average Bonchev–Trinajstić information content (AvgIpc) is 2.69. The van der Waals surface area contributed by atoms with E-state index in [2.05, 4.69) is 9.62 Å². The highest BCUT2D eigenvalue weighted by atomic mass is 32.2. The molecule has 0 unspecified atom stereocenters. The van der Waals surface area contributed by atoms with Crippen molar-refractivity contribution in [2.45, 2.75) is 29.6 Å². The molecule has 1 saturated heterocycles. The number of hydrogen-bond donors (Lipinski definition) is 2. The first kappa shape index (κ1) is 21.8. The summed E-state index contributed by atoms with van der Waals surface area (Å²) < 4.78 is 46.5. The summed E-state index contributed by atoms with van der Waals surface area (Å²) in [6, 6.07) is 3.83. The fraction of sp³-hybridized carbons (Fsp3) is 0.526. The number of aliphatic hydroxyl groups is 1. The molecule has 8 nitrogen and oxygen atoms in total. The molecule has 0 saturated carbocycles. The van der Waals surface area contributed by atoms with Gasteiger partial charge in [0.25, 0.3) is 0 Å². The van der Waals surface area contributed by atoms with Crippen LogP contribution in [0.5, 0.6) is 0 Å². The Morgan fingerprint density at radius 2 is 2.00 bits per heavy atom. The number of carbonyl (C=O) groups is 1. The quantitative estimate of drug-likeness (QED) is 0.618. The summed E-state index contributed by atoms with van der Waals surface area (Å²) >= 11 is 0. The summed E-state index contributed by atoms with van der Waals surface area (Å²) in [6.07, 6.45) is 1.92. The van der Waals surface area contributed by atoms with E-state index in [1.165, 1.54) is 12.1 Å². The molecular weight excluding hydrogens is 401 g/mol. The number of nitrogens with one attached hydrogen (secondary N) is 1. The number of halogens is 1. The number of ether oxygens (including phenoxy) is 1. The summed E-state index contributed by atoms with van der Waals surface area (Å²) in [7, 11) is -1.99. The molecule has 0 bridgehead atoms. The van der Waals surface area contributed by atoms with E-state index < -0.39 is 40.7 Å². The summed E-state index contributed by atoms with van der Waals surface area (Å²) in [6.45, 7) is 2.52. The number of amides is 1. The SMILES string of the molecule is CN1CCN(C(=O)C[C@H]2C=C[C@@H](NS(=O)(=O)c3cccc(F)c3)[C@H](CO)O2)CC1. The minimum Gasteiger partial charge on any atom is -0.394 e. The van der Waals surface area contributed by atoms with E-state index in [4.69, 9.17) is 4.74 Å². The van der Waals surface area contributed by atoms with Crippen LogP contribution in [0.2, 0.25) is 0 Å². The van der Waals surface area contributed by atoms with Gasteiger partial charge in [0.2, 0.25) is 15.9 Å². The smallest absolute Gasteiger partial charge is 0.241 e. The van der Waals surface area contributed by atoms with E-state index in [0.717, 1.165) is 25.2 Å². The third-order valence-electron chi connectivity index (χ3n) is 5.09. The van der Waals surface area contributed by atoms with Crippen LogP contribution in [0.1, 0.15) is 6.42 Å². The lowest BCUT2D eigenvalue weighted by Gasteiger charge is -2.35. The molecule has 2 heterocycles. The van der Waals surface area contributed by atoms with Gasteiger partial charge in [-0.15, -0.1) is 0 Å². The van der Waals surface area contributed by atoms with Crippen LogP contribution in [0, 0.1) is 5.82 Å². The van der Waals surface area contributed by atoms with Crippen LogP contribution >= 0.6 is 0 Å². The number of rotatable bonds is 6. The highest BCUT2D eigenvalue weighted by molar-refractivity contribution is 7.89. The van der Waals surface area contributed by atoms with Gasteiger partial charge in [-0.1, -0.05) is 18.2 Å². The number of carbonyl (C=O) groups excluding carboxylic acids is 1. The van der Waals surface area contributed by atoms with E-state index >= 15 is 0 Å². The molecule has 1 amide bonds. The van der Waals surface area contributed by atoms with Gasteiger partial charge in [-0.25, -0.2) is 17.5 Å². The predicted molar refractivity (Wildman–Crippen MR) is 104 cm³/mol. The zero-order chi connectivity index (χ0) is 21.0. The summed E-state index contributed by atoms with van der Waals surface area (Å²) in [5.74, 6) is -0.701. The van der Waals surface area contributed by atoms with E-state index in [9.17, 15) is 22.7 Å². The average molecular weight is 427 g/mol. The van der Waals surface area contributed by atoms with Gasteiger partial charge in [0.15, 0.2) is 0 Å². The largest absolute Gasteiger partial charge is 0.394 e. The molecule has 0 aliphatic carbocycles. The zero-order valence-corrected chi connectivity index (χ0v) is 17.0. The lowest BCUT2D eigenvalue weighted by Crippen LogP contribution is -2.50. The van der Waals surface area contributed by atoms with Gasteiger partial charge in [-0.3, -0.25) is 4.79 Å². The standard InChI is InChI=1S/C19H26FN3O5S/c1-22-7-9-23(10-8-22)19(25)12-15-5-6-17(18(13-24)28-15)21-29(26,27)16-4-2-3-14(20)11-16/h2-6,11,15,17-18,21,24H,7-10,12-13H2,1H3/t15-,17-,18+/m1/s1. The molecule has 0 radical (unpaired) electrons. The first-order chi connectivity index (χ1) is 13.8. The Morgan fingerprint density at radius 1 is 1.28 bits per heavy atom. The molecule has 2 aliphatic heterocycles. The van der Waals surface area contributed by atoms with E-state index in [1.807, 2.05) is 7.05 Å². The Bertz CT molecular complexity index is 855. The van der Waals surface area contributed by atoms with Crippen molar-refractivity contribution in [1.82, 2.24) is 14.5 Å². The number of piperazine rings is 1. The van der Waals surface area contributed by atoms with Crippen molar-refractivity contribution in [1.29, 1.82) is 0 Å². The van der Waals surface area contributed by atoms with E-state index in [0.29, 0.717) is 13.1 Å². The van der Waals surface area contributed by atoms with E-state index in [1.54, 1.807) is 17.1 Å². The fourth-order valence-corrected chi connectivity index (χ4v) is 4.60. The van der Waals surface area contributed by atoms with Gasteiger partial charge in [0.05, 0.1) is 30.1 Å². The zero-order valence-electron chi connectivity index (χ0n) is 16.2. The van der Waals surface area contributed by atoms with Gasteiger partial charge in [0.1, 0.15) is 11.9 Å². The lowest BCUT2D eigenvalue weighted by atomic mass is 10.1. The minimum atomic E-state index is -4.00. The van der Waals surface area contributed by atoms with Crippen molar-refractivity contribution in [2.24, 2.45) is 0 Å². The van der Waals surface area contributed by atoms with Crippen LogP contribution in [-0.2, 0) is 19.6 Å². The Kier molecular flexibility index (Phi) is 7.01. The molecule has 2 N–H and O–H groups in total. The number of hydrogen-bond acceptors (Lipinski definition) is 6. The Morgan fingerprint density at radius 3 is 2.66 bits per heavy atom. The molecule has 160 valence electrons. The Labute approximate surface area is 170 Å². The Hall–Kier alpha value is -1.85. The number of aliphatic hydroxyl groups excluding tert-OH is 1. The van der Waals surface area contributed by atoms with E-state index in [-0.39, 0.29) is 17.2 Å². The monoisotopic (exact) mass is 427 g/mol. The molecule has 10 heteroatoms. The summed E-state index contributed by atoms with van der Waals surface area (Å²) in [5.41, 5.74) is 0. The lowest BCUT2D eigenvalue weighted by molar-refractivity contribution is -0.136. The van der Waals surface area contributed by atoms with Gasteiger partial charge in [-0.05, 0) is 25.2 Å². The van der Waals surface area contributed by atoms with Crippen LogP contribution < -0.4 is 4.72 Å². The maximum atomic E-state index is 13.4. The summed E-state index contributed by atoms with van der Waals surface area (Å²) in [4.78, 5) is 16.2. The first-order valence-corrected chi connectivity index (χ1v) is 11.0. The van der Waals surface area contributed by atoms with Crippen molar-refractivity contribution in [3.05, 3.63) is 42.2 Å². The van der Waals surface area contributed by atoms with Crippen molar-refractivity contribution in [3.8, 4) is 0 Å². The third-order valence-corrected chi connectivity index (χ3v) is 6.55. The second-order valence-corrected chi connectivity index (χ2v) is 8.99. The molecule has 1 aromatic carbocycles. The molecule has 1 aromatic rings. The normalized spacial score (nSPS) is 25.9. The minimum absolute atomic E-state index is 0.0387. The highest BCUT2D eigenvalue weighted by Crippen LogP contribution is 2.19. The number of benzene rings is 1. The van der Waals surface area contributed by atoms with Gasteiger partial charge < -0.3 is 19.6 Å². The maximum Gasteiger partial charge on any atom is 0.241 e. The van der Waals surface area contributed by atoms with Crippen molar-refractivity contribution in [2.75, 3.05) is 39.8 Å². The molecule has 29 heavy (non-hydrogen) atoms. The van der Waals surface area contributed by atoms with Crippen molar-refractivity contribution in [3.63, 3.8) is 0 Å². The third kappa shape index (κ3) is 5.61. The van der Waals surface area contributed by atoms with Crippen LogP contribution in [0.25, 0.3) is 0 Å². The first-order valence-electron chi connectivity index (χ1n) is 9.47. The molecule has 0 spiro atoms. The number of nitrogens with zero attached hydrogens (tertiary/aromatic N) is 2. The highest BCUT2D eigenvalue weighted by Gasteiger charge is 2.32. The van der Waals surface area contributed by atoms with Crippen LogP contribution in [0.15, 0.2) is 41.3 Å². The van der Waals surface area contributed by atoms with Gasteiger partial charge in [-0.2, -0.15) is 0 Å². The molecule has 2 aliphatic rings. The molecule has 1 fully saturated rings. The number of sulfonamides is 1. The van der Waals surface area contributed by atoms with Crippen LogP contribution in [0.4, 0.5) is 4.39 Å². The predicted octanol–water partition coefficient (Wildman–Crippen LogP) is -0.0474. The maximum absolute atomic E-state index is 13.4. The van der Waals surface area contributed by atoms with Gasteiger partial charge in [0, 0.05) is 26.2 Å².